The number of carbonyl (C=O) groups is 1. The van der Waals surface area contributed by atoms with Crippen molar-refractivity contribution in [2.75, 3.05) is 0 Å². The van der Waals surface area contributed by atoms with Gasteiger partial charge in [-0.1, -0.05) is 17.8 Å². The number of thioether (sulfide) groups is 1. The SMILES string of the molecule is Cn1nnnc1SCc1cccc(C(=O)NN)n1. The number of nitrogens with one attached hydrogen (secondary N) is 1. The lowest BCUT2D eigenvalue weighted by atomic mass is 10.3. The predicted octanol–water partition coefficient (Wildman–Crippen LogP) is -0.499. The molecule has 2 rings (SSSR count). The van der Waals surface area contributed by atoms with Crippen molar-refractivity contribution in [1.29, 1.82) is 0 Å². The third-order valence-electron chi connectivity index (χ3n) is 2.10. The lowest BCUT2D eigenvalue weighted by Crippen LogP contribution is -2.30. The van der Waals surface area contributed by atoms with E-state index in [1.54, 1.807) is 23.9 Å². The number of aryl methyl sites for hydroxylation is 1. The number of nitrogen functional groups attached to an aromatic ring is 1. The minimum atomic E-state index is -0.415. The van der Waals surface area contributed by atoms with Crippen LogP contribution in [0.5, 0.6) is 0 Å². The number of amides is 1. The van der Waals surface area contributed by atoms with Crippen molar-refractivity contribution < 1.29 is 4.79 Å². The molecular weight excluding hydrogens is 254 g/mol. The van der Waals surface area contributed by atoms with Crippen LogP contribution in [0.15, 0.2) is 23.4 Å². The van der Waals surface area contributed by atoms with Crippen LogP contribution in [0.3, 0.4) is 0 Å². The summed E-state index contributed by atoms with van der Waals surface area (Å²) in [5.74, 6) is 5.21. The van der Waals surface area contributed by atoms with E-state index in [1.165, 1.54) is 11.8 Å². The van der Waals surface area contributed by atoms with Gasteiger partial charge in [0.05, 0.1) is 5.69 Å². The second kappa shape index (κ2) is 5.56. The second-order valence-electron chi connectivity index (χ2n) is 3.36. The molecule has 0 spiro atoms. The van der Waals surface area contributed by atoms with E-state index in [-0.39, 0.29) is 5.69 Å². The monoisotopic (exact) mass is 265 g/mol. The largest absolute Gasteiger partial charge is 0.289 e. The van der Waals surface area contributed by atoms with E-state index >= 15 is 0 Å². The fourth-order valence-corrected chi connectivity index (χ4v) is 2.00. The molecule has 9 heteroatoms. The molecule has 0 bridgehead atoms. The highest BCUT2D eigenvalue weighted by atomic mass is 32.2. The molecular formula is C9H11N7OS. The van der Waals surface area contributed by atoms with E-state index < -0.39 is 5.91 Å². The van der Waals surface area contributed by atoms with Crippen LogP contribution in [0.4, 0.5) is 0 Å². The predicted molar refractivity (Wildman–Crippen MR) is 64.2 cm³/mol. The Kier molecular flexibility index (Phi) is 3.85. The number of tetrazole rings is 1. The van der Waals surface area contributed by atoms with Gasteiger partial charge in [0.2, 0.25) is 5.16 Å². The van der Waals surface area contributed by atoms with E-state index in [4.69, 9.17) is 5.84 Å². The molecule has 2 aromatic heterocycles. The minimum Gasteiger partial charge on any atom is -0.289 e. The highest BCUT2D eigenvalue weighted by Gasteiger charge is 2.08. The first-order chi connectivity index (χ1) is 8.70. The maximum absolute atomic E-state index is 11.3. The smallest absolute Gasteiger partial charge is 0.283 e. The second-order valence-corrected chi connectivity index (χ2v) is 4.30. The third-order valence-corrected chi connectivity index (χ3v) is 3.15. The molecule has 0 aliphatic carbocycles. The van der Waals surface area contributed by atoms with E-state index in [1.807, 2.05) is 11.5 Å². The summed E-state index contributed by atoms with van der Waals surface area (Å²) >= 11 is 1.44. The molecule has 0 aromatic carbocycles. The van der Waals surface area contributed by atoms with E-state index in [0.29, 0.717) is 10.9 Å². The molecule has 0 radical (unpaired) electrons. The summed E-state index contributed by atoms with van der Waals surface area (Å²) < 4.78 is 1.57. The normalized spacial score (nSPS) is 10.3. The number of pyridine rings is 1. The van der Waals surface area contributed by atoms with Crippen LogP contribution in [0.1, 0.15) is 16.2 Å². The van der Waals surface area contributed by atoms with Crippen LogP contribution < -0.4 is 11.3 Å². The number of rotatable bonds is 4. The van der Waals surface area contributed by atoms with E-state index in [2.05, 4.69) is 20.5 Å². The van der Waals surface area contributed by atoms with Gasteiger partial charge in [-0.2, -0.15) is 0 Å². The first-order valence-corrected chi connectivity index (χ1v) is 6.01. The Bertz CT molecular complexity index is 555. The summed E-state index contributed by atoms with van der Waals surface area (Å²) in [5.41, 5.74) is 3.08. The van der Waals surface area contributed by atoms with E-state index in [9.17, 15) is 4.79 Å². The molecule has 0 atom stereocenters. The standard InChI is InChI=1S/C9H11N7OS/c1-16-9(13-14-15-16)18-5-6-3-2-4-7(11-6)8(17)12-10/h2-4H,5,10H2,1H3,(H,12,17). The van der Waals surface area contributed by atoms with Crippen LogP contribution in [0.2, 0.25) is 0 Å². The first-order valence-electron chi connectivity index (χ1n) is 5.02. The number of hydrazine groups is 1. The Morgan fingerprint density at radius 1 is 1.56 bits per heavy atom. The van der Waals surface area contributed by atoms with Gasteiger partial charge in [-0.3, -0.25) is 10.2 Å². The summed E-state index contributed by atoms with van der Waals surface area (Å²) in [6.07, 6.45) is 0. The van der Waals surface area contributed by atoms with Gasteiger partial charge >= 0.3 is 0 Å². The maximum Gasteiger partial charge on any atom is 0.283 e. The zero-order valence-electron chi connectivity index (χ0n) is 9.57. The van der Waals surface area contributed by atoms with Crippen LogP contribution in [0.25, 0.3) is 0 Å². The van der Waals surface area contributed by atoms with Gasteiger partial charge in [0, 0.05) is 12.8 Å². The Balaban J connectivity index is 2.06. The molecule has 1 amide bonds. The van der Waals surface area contributed by atoms with Crippen molar-refractivity contribution in [3.63, 3.8) is 0 Å². The molecule has 2 aromatic rings. The Morgan fingerprint density at radius 3 is 3.06 bits per heavy atom. The summed E-state index contributed by atoms with van der Waals surface area (Å²) in [5, 5.41) is 11.8. The number of nitrogens with zero attached hydrogens (tertiary/aromatic N) is 5. The van der Waals surface area contributed by atoms with Crippen molar-refractivity contribution in [2.45, 2.75) is 10.9 Å². The van der Waals surface area contributed by atoms with E-state index in [0.717, 1.165) is 5.69 Å². The Morgan fingerprint density at radius 2 is 2.39 bits per heavy atom. The minimum absolute atomic E-state index is 0.284. The maximum atomic E-state index is 11.3. The lowest BCUT2D eigenvalue weighted by Gasteiger charge is -2.02. The summed E-state index contributed by atoms with van der Waals surface area (Å²) in [7, 11) is 1.76. The fraction of sp³-hybridized carbons (Fsp3) is 0.222. The lowest BCUT2D eigenvalue weighted by molar-refractivity contribution is 0.0948. The van der Waals surface area contributed by atoms with Gasteiger partial charge in [-0.15, -0.1) is 5.10 Å². The third kappa shape index (κ3) is 2.81. The summed E-state index contributed by atoms with van der Waals surface area (Å²) in [6, 6.07) is 5.17. The molecule has 0 fully saturated rings. The molecule has 3 N–H and O–H groups in total. The summed E-state index contributed by atoms with van der Waals surface area (Å²) in [4.78, 5) is 15.5. The first kappa shape index (κ1) is 12.5. The highest BCUT2D eigenvalue weighted by molar-refractivity contribution is 7.98. The van der Waals surface area contributed by atoms with Crippen molar-refractivity contribution >= 4 is 17.7 Å². The fourth-order valence-electron chi connectivity index (χ4n) is 1.24. The van der Waals surface area contributed by atoms with Gasteiger partial charge in [0.1, 0.15) is 5.69 Å². The molecule has 8 nitrogen and oxygen atoms in total. The van der Waals surface area contributed by atoms with Gasteiger partial charge in [0.15, 0.2) is 0 Å². The summed E-state index contributed by atoms with van der Waals surface area (Å²) in [6.45, 7) is 0. The Hall–Kier alpha value is -2.00. The van der Waals surface area contributed by atoms with Crippen molar-refractivity contribution in [3.05, 3.63) is 29.6 Å². The molecule has 94 valence electrons. The average Bonchev–Trinajstić information content (AvgIpc) is 2.81. The van der Waals surface area contributed by atoms with Crippen LogP contribution in [-0.4, -0.2) is 31.1 Å². The van der Waals surface area contributed by atoms with Crippen LogP contribution in [-0.2, 0) is 12.8 Å². The topological polar surface area (TPSA) is 112 Å². The van der Waals surface area contributed by atoms with Gasteiger partial charge in [-0.05, 0) is 22.6 Å². The number of carbonyl (C=O) groups excluding carboxylic acids is 1. The molecule has 18 heavy (non-hydrogen) atoms. The van der Waals surface area contributed by atoms with Gasteiger partial charge < -0.3 is 0 Å². The molecule has 0 saturated heterocycles. The highest BCUT2D eigenvalue weighted by Crippen LogP contribution is 2.17. The molecule has 0 aliphatic heterocycles. The van der Waals surface area contributed by atoms with Gasteiger partial charge in [0.25, 0.3) is 5.91 Å². The van der Waals surface area contributed by atoms with Crippen molar-refractivity contribution in [3.8, 4) is 0 Å². The molecule has 0 saturated carbocycles. The number of aromatic nitrogens is 5. The number of hydrogen-bond acceptors (Lipinski definition) is 7. The molecule has 0 aliphatic rings. The quantitative estimate of drug-likeness (QED) is 0.332. The average molecular weight is 265 g/mol. The van der Waals surface area contributed by atoms with Crippen molar-refractivity contribution in [1.82, 2.24) is 30.6 Å². The Labute approximate surface area is 107 Å². The molecule has 2 heterocycles. The zero-order chi connectivity index (χ0) is 13.0. The molecule has 0 unspecified atom stereocenters. The zero-order valence-corrected chi connectivity index (χ0v) is 10.4. The van der Waals surface area contributed by atoms with Crippen LogP contribution in [0, 0.1) is 0 Å². The number of hydrogen-bond donors (Lipinski definition) is 2. The van der Waals surface area contributed by atoms with Crippen molar-refractivity contribution in [2.24, 2.45) is 12.9 Å². The van der Waals surface area contributed by atoms with Crippen LogP contribution >= 0.6 is 11.8 Å². The van der Waals surface area contributed by atoms with Gasteiger partial charge in [-0.25, -0.2) is 15.5 Å². The number of nitrogens with two attached hydrogens (primary N) is 1.